The summed E-state index contributed by atoms with van der Waals surface area (Å²) >= 11 is 1.33. The van der Waals surface area contributed by atoms with Crippen LogP contribution in [0.4, 0.5) is 14.5 Å². The molecule has 46 heavy (non-hydrogen) atoms. The van der Waals surface area contributed by atoms with E-state index in [0.29, 0.717) is 41.0 Å². The molecule has 5 aromatic rings. The Labute approximate surface area is 270 Å². The summed E-state index contributed by atoms with van der Waals surface area (Å²) in [7, 11) is 1.95. The third kappa shape index (κ3) is 7.24. The van der Waals surface area contributed by atoms with E-state index < -0.39 is 23.0 Å². The molecule has 10 heteroatoms. The Morgan fingerprint density at radius 1 is 0.913 bits per heavy atom. The van der Waals surface area contributed by atoms with Crippen molar-refractivity contribution in [3.63, 3.8) is 0 Å². The number of anilines is 1. The highest BCUT2D eigenvalue weighted by molar-refractivity contribution is 7.22. The van der Waals surface area contributed by atoms with Gasteiger partial charge in [-0.05, 0) is 61.9 Å². The molecule has 7 nitrogen and oxygen atoms in total. The largest absolute Gasteiger partial charge is 0.350 e. The molecule has 0 atom stereocenters. The van der Waals surface area contributed by atoms with Crippen LogP contribution in [0.3, 0.4) is 0 Å². The van der Waals surface area contributed by atoms with Crippen LogP contribution in [0.2, 0.25) is 0 Å². The fourth-order valence-corrected chi connectivity index (χ4v) is 6.62. The van der Waals surface area contributed by atoms with Crippen LogP contribution in [0.1, 0.15) is 54.2 Å². The van der Waals surface area contributed by atoms with Gasteiger partial charge in [0.1, 0.15) is 22.0 Å². The number of nitrogens with zero attached hydrogens (tertiary/aromatic N) is 2. The lowest BCUT2D eigenvalue weighted by atomic mass is 10.0. The minimum atomic E-state index is -0.718. The van der Waals surface area contributed by atoms with Gasteiger partial charge in [-0.2, -0.15) is 0 Å². The molecule has 0 aliphatic rings. The Morgan fingerprint density at radius 3 is 2.22 bits per heavy atom. The summed E-state index contributed by atoms with van der Waals surface area (Å²) in [5.41, 5.74) is 2.51. The van der Waals surface area contributed by atoms with Crippen molar-refractivity contribution in [2.75, 3.05) is 12.4 Å². The number of nitrogens with one attached hydrogen (secondary N) is 2. The van der Waals surface area contributed by atoms with Gasteiger partial charge in [-0.25, -0.2) is 8.78 Å². The number of hydrogen-bond donors (Lipinski definition) is 2. The lowest BCUT2D eigenvalue weighted by Crippen LogP contribution is -2.34. The van der Waals surface area contributed by atoms with Crippen molar-refractivity contribution in [1.82, 2.24) is 14.8 Å². The molecule has 0 spiro atoms. The number of fused-ring (bicyclic) bond motifs is 1. The van der Waals surface area contributed by atoms with Gasteiger partial charge in [-0.15, -0.1) is 11.3 Å². The van der Waals surface area contributed by atoms with E-state index in [1.165, 1.54) is 35.7 Å². The zero-order chi connectivity index (χ0) is 33.0. The van der Waals surface area contributed by atoms with E-state index in [0.717, 1.165) is 16.0 Å². The monoisotopic (exact) mass is 642 g/mol. The molecule has 3 aromatic carbocycles. The number of carbonyl (C=O) groups is 2. The highest BCUT2D eigenvalue weighted by atomic mass is 32.1. The summed E-state index contributed by atoms with van der Waals surface area (Å²) in [5.74, 6) is -2.10. The number of carbonyl (C=O) groups excluding carboxylic acids is 2. The smallest absolute Gasteiger partial charge is 0.256 e. The summed E-state index contributed by atoms with van der Waals surface area (Å²) in [5, 5.41) is 5.97. The molecule has 5 rings (SSSR count). The molecule has 2 amide bonds. The van der Waals surface area contributed by atoms with Crippen LogP contribution in [0.25, 0.3) is 20.7 Å². The summed E-state index contributed by atoms with van der Waals surface area (Å²) in [4.78, 5) is 42.9. The maximum atomic E-state index is 14.9. The Balaban J connectivity index is 1.72. The third-order valence-corrected chi connectivity index (χ3v) is 8.85. The van der Waals surface area contributed by atoms with E-state index in [-0.39, 0.29) is 29.6 Å². The molecule has 0 aliphatic heterocycles. The zero-order valence-electron chi connectivity index (χ0n) is 26.2. The molecule has 0 radical (unpaired) electrons. The molecule has 0 saturated heterocycles. The fraction of sp³-hybridized carbons (Fsp3) is 0.250. The van der Waals surface area contributed by atoms with Gasteiger partial charge in [-0.1, -0.05) is 55.5 Å². The van der Waals surface area contributed by atoms with Gasteiger partial charge >= 0.3 is 0 Å². The third-order valence-electron chi connectivity index (χ3n) is 7.54. The first kappa shape index (κ1) is 32.7. The van der Waals surface area contributed by atoms with Crippen molar-refractivity contribution in [3.05, 3.63) is 123 Å². The quantitative estimate of drug-likeness (QED) is 0.160. The summed E-state index contributed by atoms with van der Waals surface area (Å²) in [6, 6.07) is 20.7. The normalized spacial score (nSPS) is 11.4. The second-order valence-electron chi connectivity index (χ2n) is 11.6. The van der Waals surface area contributed by atoms with Crippen molar-refractivity contribution in [1.29, 1.82) is 0 Å². The van der Waals surface area contributed by atoms with Crippen LogP contribution < -0.4 is 16.1 Å². The number of halogens is 2. The molecule has 238 valence electrons. The molecule has 0 bridgehead atoms. The molecule has 2 heterocycles. The van der Waals surface area contributed by atoms with Crippen molar-refractivity contribution in [2.24, 2.45) is 0 Å². The van der Waals surface area contributed by atoms with Gasteiger partial charge < -0.3 is 15.2 Å². The van der Waals surface area contributed by atoms with Crippen LogP contribution in [-0.4, -0.2) is 34.4 Å². The van der Waals surface area contributed by atoms with Crippen LogP contribution in [0.5, 0.6) is 0 Å². The van der Waals surface area contributed by atoms with Crippen LogP contribution >= 0.6 is 11.3 Å². The van der Waals surface area contributed by atoms with E-state index in [2.05, 4.69) is 15.5 Å². The standard InChI is InChI=1S/C36H36F2N4O3S/c1-5-31(43)40-25-16-14-24(15-17-25)34-27(19-41(4)18-23-10-7-6-8-11-23)32-33(44)28(35(45)39-22(2)3)21-42(36(32)46-34)20-26-29(37)12-9-13-30(26)38/h6-17,21-22H,5,18-20H2,1-4H3,(H,39,45)(H,40,43). The Morgan fingerprint density at radius 2 is 1.59 bits per heavy atom. The zero-order valence-corrected chi connectivity index (χ0v) is 27.0. The predicted molar refractivity (Wildman–Crippen MR) is 180 cm³/mol. The van der Waals surface area contributed by atoms with E-state index >= 15 is 0 Å². The number of aromatic nitrogens is 1. The van der Waals surface area contributed by atoms with E-state index in [1.807, 2.05) is 49.5 Å². The lowest BCUT2D eigenvalue weighted by Gasteiger charge is -2.18. The van der Waals surface area contributed by atoms with Crippen LogP contribution in [0.15, 0.2) is 83.8 Å². The van der Waals surface area contributed by atoms with Gasteiger partial charge in [0.05, 0.1) is 11.9 Å². The highest BCUT2D eigenvalue weighted by Crippen LogP contribution is 2.39. The predicted octanol–water partition coefficient (Wildman–Crippen LogP) is 7.18. The van der Waals surface area contributed by atoms with Crippen molar-refractivity contribution >= 4 is 39.1 Å². The van der Waals surface area contributed by atoms with Crippen LogP contribution in [-0.2, 0) is 24.4 Å². The molecule has 0 unspecified atom stereocenters. The molecule has 0 saturated carbocycles. The maximum Gasteiger partial charge on any atom is 0.256 e. The number of hydrogen-bond acceptors (Lipinski definition) is 5. The number of rotatable bonds is 11. The second kappa shape index (κ2) is 14.2. The molecule has 2 N–H and O–H groups in total. The van der Waals surface area contributed by atoms with E-state index in [1.54, 1.807) is 37.5 Å². The minimum Gasteiger partial charge on any atom is -0.350 e. The maximum absolute atomic E-state index is 14.9. The first-order valence-corrected chi connectivity index (χ1v) is 15.9. The number of amides is 2. The minimum absolute atomic E-state index is 0.105. The average molecular weight is 643 g/mol. The Hall–Kier alpha value is -4.67. The van der Waals surface area contributed by atoms with Crippen molar-refractivity contribution < 1.29 is 18.4 Å². The molecule has 2 aromatic heterocycles. The topological polar surface area (TPSA) is 83.4 Å². The summed E-state index contributed by atoms with van der Waals surface area (Å²) < 4.78 is 31.4. The van der Waals surface area contributed by atoms with Crippen molar-refractivity contribution in [2.45, 2.75) is 52.9 Å². The van der Waals surface area contributed by atoms with Gasteiger partial charge in [0.15, 0.2) is 0 Å². The van der Waals surface area contributed by atoms with Gasteiger partial charge in [0.2, 0.25) is 11.3 Å². The number of benzene rings is 3. The highest BCUT2D eigenvalue weighted by Gasteiger charge is 2.25. The molecule has 0 fully saturated rings. The molecule has 0 aliphatic carbocycles. The first-order valence-electron chi connectivity index (χ1n) is 15.1. The van der Waals surface area contributed by atoms with Gasteiger partial charge in [0, 0.05) is 47.9 Å². The van der Waals surface area contributed by atoms with E-state index in [9.17, 15) is 23.2 Å². The van der Waals surface area contributed by atoms with Gasteiger partial charge in [0.25, 0.3) is 5.91 Å². The second-order valence-corrected chi connectivity index (χ2v) is 12.6. The number of pyridine rings is 1. The summed E-state index contributed by atoms with van der Waals surface area (Å²) in [6.07, 6.45) is 1.74. The van der Waals surface area contributed by atoms with E-state index in [4.69, 9.17) is 0 Å². The fourth-order valence-electron chi connectivity index (χ4n) is 5.33. The first-order chi connectivity index (χ1) is 22.0. The SMILES string of the molecule is CCC(=O)Nc1ccc(-c2sc3c(c2CN(C)Cc2ccccc2)c(=O)c(C(=O)NC(C)C)cn3Cc2c(F)cccc2F)cc1. The Kier molecular flexibility index (Phi) is 10.1. The Bertz CT molecular complexity index is 1920. The van der Waals surface area contributed by atoms with Gasteiger partial charge in [-0.3, -0.25) is 19.3 Å². The molecular formula is C36H36F2N4O3S. The lowest BCUT2D eigenvalue weighted by molar-refractivity contribution is -0.115. The number of thiophene rings is 1. The average Bonchev–Trinajstić information content (AvgIpc) is 3.40. The van der Waals surface area contributed by atoms with Crippen LogP contribution in [0, 0.1) is 11.6 Å². The molecular weight excluding hydrogens is 606 g/mol. The van der Waals surface area contributed by atoms with Crippen molar-refractivity contribution in [3.8, 4) is 10.4 Å². The summed E-state index contributed by atoms with van der Waals surface area (Å²) in [6.45, 7) is 6.10.